The molecule has 2 amide bonds. The number of carbonyl (C=O) groups is 2. The number of amides is 2. The Balaban J connectivity index is 1.88. The van der Waals surface area contributed by atoms with Crippen LogP contribution in [0.5, 0.6) is 5.75 Å². The number of hydrogen-bond acceptors (Lipinski definition) is 4. The summed E-state index contributed by atoms with van der Waals surface area (Å²) in [6, 6.07) is 15.9. The van der Waals surface area contributed by atoms with Crippen molar-refractivity contribution in [1.82, 2.24) is 0 Å². The van der Waals surface area contributed by atoms with Crippen LogP contribution in [-0.2, 0) is 9.59 Å². The van der Waals surface area contributed by atoms with Crippen molar-refractivity contribution >= 4 is 29.3 Å². The lowest BCUT2D eigenvalue weighted by atomic mass is 10.2. The summed E-state index contributed by atoms with van der Waals surface area (Å²) in [6.45, 7) is 3.64. The molecule has 0 saturated carbocycles. The lowest BCUT2D eigenvalue weighted by Crippen LogP contribution is -2.17. The number of nitrogens with one attached hydrogen (secondary N) is 2. The molecule has 2 aromatic rings. The molecular weight excluding hydrogens is 342 g/mol. The van der Waals surface area contributed by atoms with Gasteiger partial charge >= 0.3 is 0 Å². The summed E-state index contributed by atoms with van der Waals surface area (Å²) >= 11 is 0. The van der Waals surface area contributed by atoms with Gasteiger partial charge in [-0.2, -0.15) is 5.26 Å². The highest BCUT2D eigenvalue weighted by atomic mass is 16.5. The SMILES string of the molecule is CC(C)C(=O)Nc1ccc(NC(=O)C=Cc2ccc(OCC#N)cc2)cc1. The third kappa shape index (κ3) is 6.67. The normalized spacial score (nSPS) is 10.4. The monoisotopic (exact) mass is 363 g/mol. The Labute approximate surface area is 158 Å². The summed E-state index contributed by atoms with van der Waals surface area (Å²) in [5.74, 6) is 0.182. The number of nitrogens with zero attached hydrogens (tertiary/aromatic N) is 1. The molecule has 27 heavy (non-hydrogen) atoms. The molecule has 0 spiro atoms. The first-order chi connectivity index (χ1) is 13.0. The van der Waals surface area contributed by atoms with Gasteiger partial charge < -0.3 is 15.4 Å². The maximum absolute atomic E-state index is 12.0. The standard InChI is InChI=1S/C21H21N3O3/c1-15(2)21(26)24-18-8-6-17(7-9-18)23-20(25)12-5-16-3-10-19(11-4-16)27-14-13-22/h3-12,15H,14H2,1-2H3,(H,23,25)(H,24,26). The molecule has 0 atom stereocenters. The van der Waals surface area contributed by atoms with Gasteiger partial charge in [0.15, 0.2) is 6.61 Å². The summed E-state index contributed by atoms with van der Waals surface area (Å²) in [7, 11) is 0. The zero-order chi connectivity index (χ0) is 19.6. The molecule has 138 valence electrons. The molecule has 6 nitrogen and oxygen atoms in total. The van der Waals surface area contributed by atoms with Gasteiger partial charge in [-0.05, 0) is 48.0 Å². The first kappa shape index (κ1) is 19.7. The third-order valence-corrected chi connectivity index (χ3v) is 3.55. The second kappa shape index (κ2) is 9.78. The molecule has 0 aliphatic carbocycles. The van der Waals surface area contributed by atoms with E-state index in [1.54, 1.807) is 54.6 Å². The van der Waals surface area contributed by atoms with Crippen LogP contribution in [0.3, 0.4) is 0 Å². The molecule has 0 aliphatic heterocycles. The fourth-order valence-corrected chi connectivity index (χ4v) is 2.07. The molecule has 2 N–H and O–H groups in total. The summed E-state index contributed by atoms with van der Waals surface area (Å²) < 4.78 is 5.17. The van der Waals surface area contributed by atoms with Crippen LogP contribution in [-0.4, -0.2) is 18.4 Å². The van der Waals surface area contributed by atoms with E-state index in [1.165, 1.54) is 6.08 Å². The van der Waals surface area contributed by atoms with Crippen molar-refractivity contribution in [1.29, 1.82) is 5.26 Å². The molecule has 0 aromatic heterocycles. The van der Waals surface area contributed by atoms with E-state index in [0.717, 1.165) is 5.56 Å². The zero-order valence-electron chi connectivity index (χ0n) is 15.2. The number of carbonyl (C=O) groups excluding carboxylic acids is 2. The molecule has 0 bridgehead atoms. The van der Waals surface area contributed by atoms with Crippen molar-refractivity contribution in [3.05, 3.63) is 60.2 Å². The Bertz CT molecular complexity index is 848. The minimum Gasteiger partial charge on any atom is -0.479 e. The molecular formula is C21H21N3O3. The minimum atomic E-state index is -0.265. The van der Waals surface area contributed by atoms with Crippen molar-refractivity contribution in [2.45, 2.75) is 13.8 Å². The van der Waals surface area contributed by atoms with E-state index in [1.807, 2.05) is 19.9 Å². The largest absolute Gasteiger partial charge is 0.479 e. The van der Waals surface area contributed by atoms with Crippen molar-refractivity contribution in [2.75, 3.05) is 17.2 Å². The summed E-state index contributed by atoms with van der Waals surface area (Å²) in [4.78, 5) is 23.7. The molecule has 0 radical (unpaired) electrons. The van der Waals surface area contributed by atoms with Crippen LogP contribution in [0, 0.1) is 17.2 Å². The fourth-order valence-electron chi connectivity index (χ4n) is 2.07. The van der Waals surface area contributed by atoms with Crippen molar-refractivity contribution < 1.29 is 14.3 Å². The van der Waals surface area contributed by atoms with Gasteiger partial charge in [0.25, 0.3) is 0 Å². The van der Waals surface area contributed by atoms with Crippen LogP contribution in [0.15, 0.2) is 54.6 Å². The number of rotatable bonds is 7. The van der Waals surface area contributed by atoms with Gasteiger partial charge in [-0.25, -0.2) is 0 Å². The van der Waals surface area contributed by atoms with Gasteiger partial charge in [0.1, 0.15) is 11.8 Å². The molecule has 0 aliphatic rings. The average Bonchev–Trinajstić information content (AvgIpc) is 2.67. The highest BCUT2D eigenvalue weighted by Gasteiger charge is 2.07. The third-order valence-electron chi connectivity index (χ3n) is 3.55. The number of benzene rings is 2. The predicted molar refractivity (Wildman–Crippen MR) is 105 cm³/mol. The summed E-state index contributed by atoms with van der Waals surface area (Å²) in [5, 5.41) is 14.0. The molecule has 0 unspecified atom stereocenters. The highest BCUT2D eigenvalue weighted by molar-refractivity contribution is 6.02. The summed E-state index contributed by atoms with van der Waals surface area (Å²) in [6.07, 6.45) is 3.11. The van der Waals surface area contributed by atoms with Crippen molar-refractivity contribution in [2.24, 2.45) is 5.92 Å². The first-order valence-corrected chi connectivity index (χ1v) is 8.48. The average molecular weight is 363 g/mol. The highest BCUT2D eigenvalue weighted by Crippen LogP contribution is 2.15. The summed E-state index contributed by atoms with van der Waals surface area (Å²) in [5.41, 5.74) is 2.15. The topological polar surface area (TPSA) is 91.2 Å². The van der Waals surface area contributed by atoms with Crippen LogP contribution in [0.4, 0.5) is 11.4 Å². The Morgan fingerprint density at radius 3 is 2.19 bits per heavy atom. The van der Waals surface area contributed by atoms with Crippen molar-refractivity contribution in [3.63, 3.8) is 0 Å². The molecule has 6 heteroatoms. The second-order valence-electron chi connectivity index (χ2n) is 6.06. The smallest absolute Gasteiger partial charge is 0.248 e. The number of ether oxygens (including phenoxy) is 1. The van der Waals surface area contributed by atoms with Crippen LogP contribution in [0.25, 0.3) is 6.08 Å². The van der Waals surface area contributed by atoms with Crippen LogP contribution < -0.4 is 15.4 Å². The van der Waals surface area contributed by atoms with E-state index >= 15 is 0 Å². The Hall–Kier alpha value is -3.59. The van der Waals surface area contributed by atoms with Crippen LogP contribution in [0.2, 0.25) is 0 Å². The molecule has 2 rings (SSSR count). The van der Waals surface area contributed by atoms with E-state index in [4.69, 9.17) is 10.00 Å². The van der Waals surface area contributed by atoms with Crippen LogP contribution >= 0.6 is 0 Å². The van der Waals surface area contributed by atoms with E-state index in [0.29, 0.717) is 17.1 Å². The number of nitriles is 1. The van der Waals surface area contributed by atoms with E-state index in [9.17, 15) is 9.59 Å². The number of anilines is 2. The molecule has 2 aromatic carbocycles. The predicted octanol–water partition coefficient (Wildman–Crippen LogP) is 3.84. The van der Waals surface area contributed by atoms with E-state index < -0.39 is 0 Å². The van der Waals surface area contributed by atoms with Gasteiger partial charge in [-0.15, -0.1) is 0 Å². The van der Waals surface area contributed by atoms with E-state index in [2.05, 4.69) is 10.6 Å². The molecule has 0 heterocycles. The maximum atomic E-state index is 12.0. The fraction of sp³-hybridized carbons (Fsp3) is 0.190. The van der Waals surface area contributed by atoms with Gasteiger partial charge in [0.2, 0.25) is 11.8 Å². The quantitative estimate of drug-likeness (QED) is 0.731. The first-order valence-electron chi connectivity index (χ1n) is 8.48. The van der Waals surface area contributed by atoms with E-state index in [-0.39, 0.29) is 24.3 Å². The Kier molecular flexibility index (Phi) is 7.15. The van der Waals surface area contributed by atoms with Gasteiger partial charge in [-0.3, -0.25) is 9.59 Å². The van der Waals surface area contributed by atoms with Gasteiger partial charge in [0.05, 0.1) is 0 Å². The lowest BCUT2D eigenvalue weighted by Gasteiger charge is -2.08. The van der Waals surface area contributed by atoms with Gasteiger partial charge in [-0.1, -0.05) is 26.0 Å². The van der Waals surface area contributed by atoms with Crippen molar-refractivity contribution in [3.8, 4) is 11.8 Å². The van der Waals surface area contributed by atoms with Crippen LogP contribution in [0.1, 0.15) is 19.4 Å². The Morgan fingerprint density at radius 1 is 1.04 bits per heavy atom. The minimum absolute atomic E-state index is 0.00245. The zero-order valence-corrected chi connectivity index (χ0v) is 15.2. The molecule has 0 saturated heterocycles. The molecule has 0 fully saturated rings. The Morgan fingerprint density at radius 2 is 1.63 bits per heavy atom. The lowest BCUT2D eigenvalue weighted by molar-refractivity contribution is -0.119. The van der Waals surface area contributed by atoms with Gasteiger partial charge in [0, 0.05) is 23.4 Å². The maximum Gasteiger partial charge on any atom is 0.248 e. The number of hydrogen-bond donors (Lipinski definition) is 2. The second-order valence-corrected chi connectivity index (χ2v) is 6.06.